The fourth-order valence-corrected chi connectivity index (χ4v) is 3.26. The molecule has 0 radical (unpaired) electrons. The topological polar surface area (TPSA) is 71.4 Å². The van der Waals surface area contributed by atoms with Gasteiger partial charge in [-0.2, -0.15) is 12.6 Å². The van der Waals surface area contributed by atoms with Gasteiger partial charge in [0.25, 0.3) is 0 Å². The van der Waals surface area contributed by atoms with Crippen LogP contribution in [0.15, 0.2) is 0 Å². The van der Waals surface area contributed by atoms with Crippen LogP contribution in [0, 0.1) is 11.8 Å². The molecule has 0 amide bonds. The maximum atomic E-state index is 12.3. The van der Waals surface area contributed by atoms with Crippen LogP contribution in [-0.4, -0.2) is 33.8 Å². The summed E-state index contributed by atoms with van der Waals surface area (Å²) in [5, 5.41) is 10.0. The summed E-state index contributed by atoms with van der Waals surface area (Å²) in [6, 6.07) is 0. The van der Waals surface area contributed by atoms with Crippen LogP contribution < -0.4 is 0 Å². The summed E-state index contributed by atoms with van der Waals surface area (Å²) >= 11 is 4.29. The number of thiol groups is 1. The minimum atomic E-state index is -1.10. The first kappa shape index (κ1) is 18.4. The zero-order chi connectivity index (χ0) is 16.0. The number of carbonyl (C=O) groups is 3. The molecule has 0 bridgehead atoms. The summed E-state index contributed by atoms with van der Waals surface area (Å²) in [4.78, 5) is 35.7. The van der Waals surface area contributed by atoms with Gasteiger partial charge in [-0.15, -0.1) is 0 Å². The molecule has 21 heavy (non-hydrogen) atoms. The average Bonchev–Trinajstić information content (AvgIpc) is 2.39. The highest BCUT2D eigenvalue weighted by Crippen LogP contribution is 2.32. The molecule has 2 rings (SSSR count). The number of carbonyl (C=O) groups excluding carboxylic acids is 3. The van der Waals surface area contributed by atoms with E-state index in [0.717, 1.165) is 6.42 Å². The van der Waals surface area contributed by atoms with Crippen LogP contribution in [0.5, 0.6) is 0 Å². The largest absolute Gasteiger partial charge is 0.392 e. The normalized spacial score (nSPS) is 30.6. The zero-order valence-electron chi connectivity index (χ0n) is 12.9. The van der Waals surface area contributed by atoms with Gasteiger partial charge in [-0.05, 0) is 25.7 Å². The Balaban J connectivity index is 0.000000677. The molecule has 2 saturated carbocycles. The maximum Gasteiger partial charge on any atom is 0.156 e. The van der Waals surface area contributed by atoms with Gasteiger partial charge in [0.05, 0.1) is 6.10 Å². The number of aliphatic hydroxyl groups excluding tert-OH is 1. The van der Waals surface area contributed by atoms with Gasteiger partial charge in [0, 0.05) is 24.0 Å². The van der Waals surface area contributed by atoms with Gasteiger partial charge in [0.2, 0.25) is 0 Å². The van der Waals surface area contributed by atoms with E-state index in [1.807, 2.05) is 0 Å². The predicted molar refractivity (Wildman–Crippen MR) is 84.4 cm³/mol. The quantitative estimate of drug-likeness (QED) is 0.606. The Morgan fingerprint density at radius 1 is 1.19 bits per heavy atom. The second kappa shape index (κ2) is 8.69. The molecule has 2 aliphatic rings. The first-order valence-electron chi connectivity index (χ1n) is 7.87. The standard InChI is InChI=1S/C13H18O4S.C3H8/c14-9-2-1-3-10(15)12(9)13(17)8-5-4-7(18)6-11(8)16;1-3-2/h7-8,11-12,16,18H,1-6H2;3H2,1-2H3. The molecule has 120 valence electrons. The Morgan fingerprint density at radius 3 is 2.19 bits per heavy atom. The Bertz CT molecular complexity index is 378. The van der Waals surface area contributed by atoms with Gasteiger partial charge < -0.3 is 5.11 Å². The summed E-state index contributed by atoms with van der Waals surface area (Å²) in [5.74, 6) is -2.57. The van der Waals surface area contributed by atoms with E-state index in [4.69, 9.17) is 0 Å². The lowest BCUT2D eigenvalue weighted by molar-refractivity contribution is -0.145. The SMILES string of the molecule is CCC.O=C1CCCC(=O)C1C(=O)C1CCC(S)CC1O. The molecular weight excluding hydrogens is 288 g/mol. The second-order valence-corrected chi connectivity index (χ2v) is 6.70. The van der Waals surface area contributed by atoms with E-state index in [-0.39, 0.29) is 22.6 Å². The lowest BCUT2D eigenvalue weighted by atomic mass is 9.74. The Hall–Kier alpha value is -0.680. The van der Waals surface area contributed by atoms with Crippen molar-refractivity contribution in [1.82, 2.24) is 0 Å². The molecule has 3 unspecified atom stereocenters. The van der Waals surface area contributed by atoms with Crippen LogP contribution in [-0.2, 0) is 14.4 Å². The minimum absolute atomic E-state index is 0.0989. The summed E-state index contributed by atoms with van der Waals surface area (Å²) < 4.78 is 0. The Labute approximate surface area is 132 Å². The summed E-state index contributed by atoms with van der Waals surface area (Å²) in [7, 11) is 0. The zero-order valence-corrected chi connectivity index (χ0v) is 13.8. The van der Waals surface area contributed by atoms with Crippen LogP contribution in [0.1, 0.15) is 58.8 Å². The van der Waals surface area contributed by atoms with E-state index < -0.39 is 17.9 Å². The van der Waals surface area contributed by atoms with Gasteiger partial charge in [0.1, 0.15) is 5.92 Å². The molecule has 5 heteroatoms. The molecular formula is C16H26O4S. The van der Waals surface area contributed by atoms with Crippen LogP contribution in [0.25, 0.3) is 0 Å². The van der Waals surface area contributed by atoms with Crippen LogP contribution in [0.3, 0.4) is 0 Å². The second-order valence-electron chi connectivity index (χ2n) is 5.97. The van der Waals surface area contributed by atoms with Crippen molar-refractivity contribution < 1.29 is 19.5 Å². The van der Waals surface area contributed by atoms with Gasteiger partial charge in [0.15, 0.2) is 17.3 Å². The Morgan fingerprint density at radius 2 is 1.71 bits per heavy atom. The van der Waals surface area contributed by atoms with Crippen molar-refractivity contribution in [2.75, 3.05) is 0 Å². The first-order valence-corrected chi connectivity index (χ1v) is 8.39. The van der Waals surface area contributed by atoms with E-state index in [1.54, 1.807) is 0 Å². The van der Waals surface area contributed by atoms with E-state index >= 15 is 0 Å². The molecule has 0 aromatic carbocycles. The van der Waals surface area contributed by atoms with Crippen LogP contribution >= 0.6 is 12.6 Å². The molecule has 0 spiro atoms. The molecule has 0 saturated heterocycles. The van der Waals surface area contributed by atoms with E-state index in [1.165, 1.54) is 6.42 Å². The molecule has 0 aromatic rings. The number of hydrogen-bond acceptors (Lipinski definition) is 5. The monoisotopic (exact) mass is 314 g/mol. The molecule has 0 aromatic heterocycles. The fraction of sp³-hybridized carbons (Fsp3) is 0.812. The smallest absolute Gasteiger partial charge is 0.156 e. The number of Topliss-reactive ketones (excluding diaryl/α,β-unsaturated/α-hetero) is 3. The van der Waals surface area contributed by atoms with Crippen LogP contribution in [0.2, 0.25) is 0 Å². The lowest BCUT2D eigenvalue weighted by Crippen LogP contribution is -2.44. The highest BCUT2D eigenvalue weighted by Gasteiger charge is 2.42. The third kappa shape index (κ3) is 4.92. The molecule has 1 N–H and O–H groups in total. The Kier molecular flexibility index (Phi) is 7.60. The number of aliphatic hydroxyl groups is 1. The summed E-state index contributed by atoms with van der Waals surface area (Å²) in [6.07, 6.45) is 3.36. The van der Waals surface area contributed by atoms with Gasteiger partial charge in [-0.3, -0.25) is 14.4 Å². The van der Waals surface area contributed by atoms with Gasteiger partial charge in [-0.1, -0.05) is 20.3 Å². The van der Waals surface area contributed by atoms with Crippen molar-refractivity contribution in [1.29, 1.82) is 0 Å². The van der Waals surface area contributed by atoms with Gasteiger partial charge in [-0.25, -0.2) is 0 Å². The number of ketones is 3. The molecule has 2 aliphatic carbocycles. The van der Waals surface area contributed by atoms with Gasteiger partial charge >= 0.3 is 0 Å². The molecule has 2 fully saturated rings. The third-order valence-corrected chi connectivity index (χ3v) is 4.40. The number of rotatable bonds is 2. The van der Waals surface area contributed by atoms with Crippen molar-refractivity contribution in [2.24, 2.45) is 11.8 Å². The first-order chi connectivity index (χ1) is 9.92. The number of hydrogen-bond donors (Lipinski definition) is 2. The average molecular weight is 314 g/mol. The molecule has 4 nitrogen and oxygen atoms in total. The predicted octanol–water partition coefficient (Wildman–Crippen LogP) is 2.37. The summed E-state index contributed by atoms with van der Waals surface area (Å²) in [5.41, 5.74) is 0. The molecule has 0 heterocycles. The third-order valence-electron chi connectivity index (χ3n) is 3.93. The van der Waals surface area contributed by atoms with Crippen LogP contribution in [0.4, 0.5) is 0 Å². The minimum Gasteiger partial charge on any atom is -0.392 e. The van der Waals surface area contributed by atoms with E-state index in [2.05, 4.69) is 26.5 Å². The van der Waals surface area contributed by atoms with Crippen molar-refractivity contribution in [3.8, 4) is 0 Å². The molecule has 3 atom stereocenters. The molecule has 0 aliphatic heterocycles. The lowest BCUT2D eigenvalue weighted by Gasteiger charge is -2.32. The highest BCUT2D eigenvalue weighted by atomic mass is 32.1. The van der Waals surface area contributed by atoms with Crippen molar-refractivity contribution in [3.63, 3.8) is 0 Å². The van der Waals surface area contributed by atoms with E-state index in [9.17, 15) is 19.5 Å². The highest BCUT2D eigenvalue weighted by molar-refractivity contribution is 7.80. The van der Waals surface area contributed by atoms with E-state index in [0.29, 0.717) is 32.1 Å². The summed E-state index contributed by atoms with van der Waals surface area (Å²) in [6.45, 7) is 4.25. The van der Waals surface area contributed by atoms with Crippen molar-refractivity contribution in [2.45, 2.75) is 70.1 Å². The fourth-order valence-electron chi connectivity index (χ4n) is 2.89. The van der Waals surface area contributed by atoms with Crippen molar-refractivity contribution >= 4 is 30.0 Å². The maximum absolute atomic E-state index is 12.3. The van der Waals surface area contributed by atoms with Crippen molar-refractivity contribution in [3.05, 3.63) is 0 Å².